The van der Waals surface area contributed by atoms with Crippen LogP contribution in [0.25, 0.3) is 0 Å². The molecule has 154 valence electrons. The van der Waals surface area contributed by atoms with Gasteiger partial charge >= 0.3 is 0 Å². The predicted molar refractivity (Wildman–Crippen MR) is 118 cm³/mol. The van der Waals surface area contributed by atoms with Gasteiger partial charge < -0.3 is 5.32 Å². The molecule has 0 spiro atoms. The Morgan fingerprint density at radius 2 is 1.50 bits per heavy atom. The number of sulfonamides is 1. The maximum absolute atomic E-state index is 12.9. The van der Waals surface area contributed by atoms with Gasteiger partial charge in [-0.1, -0.05) is 30.3 Å². The molecule has 0 aliphatic carbocycles. The number of benzene rings is 3. The van der Waals surface area contributed by atoms with Crippen molar-refractivity contribution in [1.29, 1.82) is 0 Å². The Balaban J connectivity index is 1.88. The van der Waals surface area contributed by atoms with E-state index in [1.807, 2.05) is 13.0 Å². The number of ketones is 1. The summed E-state index contributed by atoms with van der Waals surface area (Å²) >= 11 is 0. The Morgan fingerprint density at radius 3 is 2.20 bits per heavy atom. The SMILES string of the molecule is CC(=O)c1cccc(NC(=O)c2ccc(C)c(S(=O)(=O)Nc3cccc(C)c3)c2)c1. The molecule has 0 unspecified atom stereocenters. The zero-order chi connectivity index (χ0) is 21.9. The maximum Gasteiger partial charge on any atom is 0.262 e. The molecule has 30 heavy (non-hydrogen) atoms. The van der Waals surface area contributed by atoms with Crippen LogP contribution in [0.5, 0.6) is 0 Å². The number of nitrogens with one attached hydrogen (secondary N) is 2. The Morgan fingerprint density at radius 1 is 0.800 bits per heavy atom. The molecule has 3 aromatic carbocycles. The van der Waals surface area contributed by atoms with Gasteiger partial charge in [-0.15, -0.1) is 0 Å². The molecule has 0 aliphatic heterocycles. The van der Waals surface area contributed by atoms with E-state index < -0.39 is 15.9 Å². The summed E-state index contributed by atoms with van der Waals surface area (Å²) in [5.74, 6) is -0.584. The van der Waals surface area contributed by atoms with E-state index in [4.69, 9.17) is 0 Å². The minimum absolute atomic E-state index is 0.0224. The molecular weight excluding hydrogens is 400 g/mol. The van der Waals surface area contributed by atoms with E-state index in [2.05, 4.69) is 10.0 Å². The average molecular weight is 423 g/mol. The van der Waals surface area contributed by atoms with E-state index in [0.717, 1.165) is 5.56 Å². The van der Waals surface area contributed by atoms with Gasteiger partial charge in [-0.2, -0.15) is 0 Å². The summed E-state index contributed by atoms with van der Waals surface area (Å²) in [4.78, 5) is 24.2. The lowest BCUT2D eigenvalue weighted by atomic mass is 10.1. The van der Waals surface area contributed by atoms with Gasteiger partial charge in [0.25, 0.3) is 15.9 Å². The Labute approximate surface area is 176 Å². The summed E-state index contributed by atoms with van der Waals surface area (Å²) in [6, 6.07) is 18.1. The second kappa shape index (κ2) is 8.51. The van der Waals surface area contributed by atoms with Crippen LogP contribution in [0.4, 0.5) is 11.4 Å². The number of hydrogen-bond acceptors (Lipinski definition) is 4. The van der Waals surface area contributed by atoms with Crippen LogP contribution in [0, 0.1) is 13.8 Å². The van der Waals surface area contributed by atoms with E-state index in [-0.39, 0.29) is 16.2 Å². The largest absolute Gasteiger partial charge is 0.322 e. The zero-order valence-corrected chi connectivity index (χ0v) is 17.7. The van der Waals surface area contributed by atoms with Crippen molar-refractivity contribution in [3.05, 3.63) is 89.0 Å². The van der Waals surface area contributed by atoms with E-state index in [1.165, 1.54) is 13.0 Å². The summed E-state index contributed by atoms with van der Waals surface area (Å²) in [6.45, 7) is 4.98. The van der Waals surface area contributed by atoms with Crippen molar-refractivity contribution >= 4 is 33.1 Å². The lowest BCUT2D eigenvalue weighted by Gasteiger charge is -2.13. The number of aryl methyl sites for hydroxylation is 2. The normalized spacial score (nSPS) is 11.0. The zero-order valence-electron chi connectivity index (χ0n) is 16.9. The predicted octanol–water partition coefficient (Wildman–Crippen LogP) is 4.56. The Hall–Kier alpha value is -3.45. The Kier molecular flexibility index (Phi) is 6.03. The van der Waals surface area contributed by atoms with E-state index in [0.29, 0.717) is 22.5 Å². The quantitative estimate of drug-likeness (QED) is 0.570. The molecule has 2 N–H and O–H groups in total. The van der Waals surface area contributed by atoms with Crippen molar-refractivity contribution in [1.82, 2.24) is 0 Å². The highest BCUT2D eigenvalue weighted by Crippen LogP contribution is 2.22. The van der Waals surface area contributed by atoms with Crippen molar-refractivity contribution in [3.8, 4) is 0 Å². The molecule has 3 rings (SSSR count). The maximum atomic E-state index is 12.9. The van der Waals surface area contributed by atoms with Crippen molar-refractivity contribution in [2.24, 2.45) is 0 Å². The number of hydrogen-bond donors (Lipinski definition) is 2. The number of amides is 1. The van der Waals surface area contributed by atoms with Gasteiger partial charge in [-0.3, -0.25) is 14.3 Å². The fourth-order valence-electron chi connectivity index (χ4n) is 2.97. The second-order valence-electron chi connectivity index (χ2n) is 7.05. The van der Waals surface area contributed by atoms with Crippen molar-refractivity contribution in [2.45, 2.75) is 25.7 Å². The molecule has 0 aromatic heterocycles. The molecule has 0 saturated heterocycles. The lowest BCUT2D eigenvalue weighted by molar-refractivity contribution is 0.101. The monoisotopic (exact) mass is 422 g/mol. The first-order chi connectivity index (χ1) is 14.2. The molecule has 7 heteroatoms. The summed E-state index contributed by atoms with van der Waals surface area (Å²) in [5, 5.41) is 2.70. The van der Waals surface area contributed by atoms with Gasteiger partial charge in [-0.05, 0) is 68.3 Å². The standard InChI is InChI=1S/C23H22N2O4S/c1-15-6-4-9-21(12-15)25-30(28,29)22-14-19(11-10-16(22)2)23(27)24-20-8-5-7-18(13-20)17(3)26/h4-14,25H,1-3H3,(H,24,27). The van der Waals surface area contributed by atoms with Gasteiger partial charge in [0.1, 0.15) is 0 Å². The summed E-state index contributed by atoms with van der Waals surface area (Å²) in [6.07, 6.45) is 0. The molecule has 0 heterocycles. The second-order valence-corrected chi connectivity index (χ2v) is 8.70. The molecule has 0 aliphatic rings. The van der Waals surface area contributed by atoms with E-state index in [9.17, 15) is 18.0 Å². The molecule has 3 aromatic rings. The number of carbonyl (C=O) groups excluding carboxylic acids is 2. The van der Waals surface area contributed by atoms with Crippen molar-refractivity contribution in [3.63, 3.8) is 0 Å². The molecule has 6 nitrogen and oxygen atoms in total. The number of rotatable bonds is 6. The van der Waals surface area contributed by atoms with Gasteiger partial charge in [0.05, 0.1) is 4.90 Å². The van der Waals surface area contributed by atoms with Crippen LogP contribution in [-0.4, -0.2) is 20.1 Å². The van der Waals surface area contributed by atoms with Crippen LogP contribution >= 0.6 is 0 Å². The highest BCUT2D eigenvalue weighted by Gasteiger charge is 2.19. The molecule has 1 amide bonds. The third-order valence-corrected chi connectivity index (χ3v) is 6.06. The van der Waals surface area contributed by atoms with Crippen LogP contribution in [-0.2, 0) is 10.0 Å². The molecule has 0 atom stereocenters. The fourth-order valence-corrected chi connectivity index (χ4v) is 4.29. The summed E-state index contributed by atoms with van der Waals surface area (Å²) in [7, 11) is -3.88. The van der Waals surface area contributed by atoms with E-state index in [1.54, 1.807) is 61.5 Å². The van der Waals surface area contributed by atoms with Gasteiger partial charge in [0.15, 0.2) is 5.78 Å². The fraction of sp³-hybridized carbons (Fsp3) is 0.130. The molecule has 0 radical (unpaired) electrons. The van der Waals surface area contributed by atoms with Gasteiger partial charge in [0, 0.05) is 22.5 Å². The minimum Gasteiger partial charge on any atom is -0.322 e. The molecule has 0 saturated carbocycles. The van der Waals surface area contributed by atoms with Crippen LogP contribution in [0.15, 0.2) is 71.6 Å². The topological polar surface area (TPSA) is 92.3 Å². The van der Waals surface area contributed by atoms with Gasteiger partial charge in [0.2, 0.25) is 0 Å². The molecule has 0 bridgehead atoms. The average Bonchev–Trinajstić information content (AvgIpc) is 2.68. The van der Waals surface area contributed by atoms with Crippen LogP contribution in [0.1, 0.15) is 38.8 Å². The van der Waals surface area contributed by atoms with Crippen molar-refractivity contribution < 1.29 is 18.0 Å². The van der Waals surface area contributed by atoms with Crippen LogP contribution < -0.4 is 10.0 Å². The van der Waals surface area contributed by atoms with Crippen molar-refractivity contribution in [2.75, 3.05) is 10.0 Å². The highest BCUT2D eigenvalue weighted by atomic mass is 32.2. The first-order valence-electron chi connectivity index (χ1n) is 9.28. The first-order valence-corrected chi connectivity index (χ1v) is 10.8. The summed E-state index contributed by atoms with van der Waals surface area (Å²) < 4.78 is 28.4. The number of Topliss-reactive ketones (excluding diaryl/α,β-unsaturated/α-hetero) is 1. The Bertz CT molecular complexity index is 1230. The first kappa shape index (κ1) is 21.3. The number of anilines is 2. The van der Waals surface area contributed by atoms with Crippen LogP contribution in [0.2, 0.25) is 0 Å². The van der Waals surface area contributed by atoms with Gasteiger partial charge in [-0.25, -0.2) is 8.42 Å². The third-order valence-electron chi connectivity index (χ3n) is 4.54. The number of carbonyl (C=O) groups is 2. The molecule has 0 fully saturated rings. The van der Waals surface area contributed by atoms with E-state index >= 15 is 0 Å². The summed E-state index contributed by atoms with van der Waals surface area (Å²) in [5.41, 5.74) is 3.01. The third kappa shape index (κ3) is 4.93. The minimum atomic E-state index is -3.88. The smallest absolute Gasteiger partial charge is 0.262 e. The highest BCUT2D eigenvalue weighted by molar-refractivity contribution is 7.92. The lowest BCUT2D eigenvalue weighted by Crippen LogP contribution is -2.17. The molecular formula is C23H22N2O4S. The van der Waals surface area contributed by atoms with Crippen LogP contribution in [0.3, 0.4) is 0 Å².